The fourth-order valence-corrected chi connectivity index (χ4v) is 4.24. The largest absolute Gasteiger partial charge is 0.465 e. The molecule has 0 heterocycles. The Hall–Kier alpha value is -1.59. The molecule has 0 atom stereocenters. The van der Waals surface area contributed by atoms with Gasteiger partial charge in [0.2, 0.25) is 0 Å². The molecule has 0 radical (unpaired) electrons. The van der Waals surface area contributed by atoms with E-state index in [1.807, 2.05) is 0 Å². The number of rotatable bonds is 15. The van der Waals surface area contributed by atoms with Gasteiger partial charge in [0.25, 0.3) is 0 Å². The molecule has 6 heteroatoms. The zero-order valence-corrected chi connectivity index (χ0v) is 21.9. The van der Waals surface area contributed by atoms with Gasteiger partial charge in [-0.1, -0.05) is 41.5 Å². The van der Waals surface area contributed by atoms with Gasteiger partial charge in [-0.3, -0.25) is 14.4 Å². The van der Waals surface area contributed by atoms with Crippen molar-refractivity contribution in [3.63, 3.8) is 0 Å². The quantitative estimate of drug-likeness (QED) is 0.168. The predicted molar refractivity (Wildman–Crippen MR) is 129 cm³/mol. The smallest absolute Gasteiger partial charge is 0.308 e. The first-order valence-electron chi connectivity index (χ1n) is 13.1. The van der Waals surface area contributed by atoms with Crippen LogP contribution in [0, 0.1) is 35.5 Å². The summed E-state index contributed by atoms with van der Waals surface area (Å²) in [7, 11) is 0. The summed E-state index contributed by atoms with van der Waals surface area (Å²) < 4.78 is 16.5. The van der Waals surface area contributed by atoms with Crippen molar-refractivity contribution in [1.82, 2.24) is 0 Å². The summed E-state index contributed by atoms with van der Waals surface area (Å²) in [6.07, 6.45) is 6.57. The summed E-state index contributed by atoms with van der Waals surface area (Å²) in [6.45, 7) is 14.0. The van der Waals surface area contributed by atoms with Gasteiger partial charge in [-0.15, -0.1) is 0 Å². The lowest BCUT2D eigenvalue weighted by molar-refractivity contribution is -0.161. The molecule has 0 aromatic carbocycles. The molecule has 1 aliphatic rings. The van der Waals surface area contributed by atoms with Gasteiger partial charge in [-0.05, 0) is 75.5 Å². The van der Waals surface area contributed by atoms with Crippen LogP contribution in [0.4, 0.5) is 0 Å². The van der Waals surface area contributed by atoms with Gasteiger partial charge in [-0.2, -0.15) is 0 Å². The SMILES string of the molecule is CC(C)CCCOC(=O)C1CC(C(=O)OCCCC(C)C)CC(C(=O)OCCCC(C)C)C1. The number of hydrogen-bond donors (Lipinski definition) is 0. The van der Waals surface area contributed by atoms with Crippen molar-refractivity contribution in [2.45, 2.75) is 99.3 Å². The average Bonchev–Trinajstić information content (AvgIpc) is 2.76. The molecule has 6 nitrogen and oxygen atoms in total. The van der Waals surface area contributed by atoms with Gasteiger partial charge in [0.15, 0.2) is 0 Å². The minimum absolute atomic E-state index is 0.311. The lowest BCUT2D eigenvalue weighted by Gasteiger charge is -2.31. The second-order valence-electron chi connectivity index (χ2n) is 10.9. The van der Waals surface area contributed by atoms with E-state index in [0.717, 1.165) is 38.5 Å². The Morgan fingerprint density at radius 2 is 0.788 bits per heavy atom. The van der Waals surface area contributed by atoms with E-state index in [0.29, 0.717) is 56.8 Å². The Labute approximate surface area is 201 Å². The topological polar surface area (TPSA) is 78.9 Å². The molecule has 0 aliphatic heterocycles. The standard InChI is InChI=1S/C27H48O6/c1-19(2)10-7-13-31-25(28)22-16-23(26(29)32-14-8-11-20(3)4)18-24(17-22)27(30)33-15-9-12-21(5)6/h19-24H,7-18H2,1-6H3. The van der Waals surface area contributed by atoms with E-state index < -0.39 is 17.8 Å². The third kappa shape index (κ3) is 13.0. The number of ether oxygens (including phenoxy) is 3. The van der Waals surface area contributed by atoms with Crippen molar-refractivity contribution < 1.29 is 28.6 Å². The zero-order chi connectivity index (χ0) is 24.8. The fourth-order valence-electron chi connectivity index (χ4n) is 4.24. The molecule has 0 bridgehead atoms. The van der Waals surface area contributed by atoms with Gasteiger partial charge in [0, 0.05) is 0 Å². The number of carbonyl (C=O) groups excluding carboxylic acids is 3. The maximum absolute atomic E-state index is 12.7. The molecule has 1 aliphatic carbocycles. The van der Waals surface area contributed by atoms with Crippen LogP contribution in [-0.4, -0.2) is 37.7 Å². The third-order valence-electron chi connectivity index (χ3n) is 6.22. The van der Waals surface area contributed by atoms with Crippen LogP contribution < -0.4 is 0 Å². The van der Waals surface area contributed by atoms with Gasteiger partial charge in [-0.25, -0.2) is 0 Å². The Bertz CT molecular complexity index is 496. The first kappa shape index (κ1) is 29.4. The highest BCUT2D eigenvalue weighted by Gasteiger charge is 2.41. The molecule has 33 heavy (non-hydrogen) atoms. The van der Waals surface area contributed by atoms with Gasteiger partial charge in [0.1, 0.15) is 0 Å². The summed E-state index contributed by atoms with van der Waals surface area (Å²) >= 11 is 0. The molecule has 0 N–H and O–H groups in total. The minimum Gasteiger partial charge on any atom is -0.465 e. The van der Waals surface area contributed by atoms with Crippen LogP contribution in [0.25, 0.3) is 0 Å². The van der Waals surface area contributed by atoms with E-state index in [-0.39, 0.29) is 17.9 Å². The van der Waals surface area contributed by atoms with E-state index in [4.69, 9.17) is 14.2 Å². The molecular formula is C27H48O6. The van der Waals surface area contributed by atoms with Crippen molar-refractivity contribution >= 4 is 17.9 Å². The molecule has 1 fully saturated rings. The van der Waals surface area contributed by atoms with E-state index in [1.165, 1.54) is 0 Å². The van der Waals surface area contributed by atoms with Crippen molar-refractivity contribution in [2.75, 3.05) is 19.8 Å². The van der Waals surface area contributed by atoms with E-state index >= 15 is 0 Å². The van der Waals surface area contributed by atoms with Crippen LogP contribution in [-0.2, 0) is 28.6 Å². The summed E-state index contributed by atoms with van der Waals surface area (Å²) in [6, 6.07) is 0. The molecular weight excluding hydrogens is 420 g/mol. The average molecular weight is 469 g/mol. The monoisotopic (exact) mass is 468 g/mol. The number of esters is 3. The Morgan fingerprint density at radius 1 is 0.545 bits per heavy atom. The van der Waals surface area contributed by atoms with Crippen LogP contribution in [0.3, 0.4) is 0 Å². The first-order chi connectivity index (χ1) is 15.6. The maximum atomic E-state index is 12.7. The molecule has 0 aromatic heterocycles. The van der Waals surface area contributed by atoms with Crippen LogP contribution in [0.5, 0.6) is 0 Å². The van der Waals surface area contributed by atoms with Gasteiger partial charge in [0.05, 0.1) is 37.6 Å². The van der Waals surface area contributed by atoms with E-state index in [9.17, 15) is 14.4 Å². The van der Waals surface area contributed by atoms with Gasteiger partial charge < -0.3 is 14.2 Å². The molecule has 0 spiro atoms. The maximum Gasteiger partial charge on any atom is 0.308 e. The molecule has 1 rings (SSSR count). The summed E-state index contributed by atoms with van der Waals surface area (Å²) in [5, 5.41) is 0. The fraction of sp³-hybridized carbons (Fsp3) is 0.889. The van der Waals surface area contributed by atoms with Crippen LogP contribution in [0.2, 0.25) is 0 Å². The minimum atomic E-state index is -0.473. The van der Waals surface area contributed by atoms with Crippen molar-refractivity contribution in [2.24, 2.45) is 35.5 Å². The second-order valence-corrected chi connectivity index (χ2v) is 10.9. The Balaban J connectivity index is 2.67. The summed E-state index contributed by atoms with van der Waals surface area (Å²) in [4.78, 5) is 38.2. The van der Waals surface area contributed by atoms with Crippen molar-refractivity contribution in [1.29, 1.82) is 0 Å². The van der Waals surface area contributed by atoms with E-state index in [2.05, 4.69) is 41.5 Å². The Morgan fingerprint density at radius 3 is 1.00 bits per heavy atom. The molecule has 0 saturated heterocycles. The predicted octanol–water partition coefficient (Wildman–Crippen LogP) is 5.96. The van der Waals surface area contributed by atoms with Crippen LogP contribution in [0.15, 0.2) is 0 Å². The highest BCUT2D eigenvalue weighted by atomic mass is 16.5. The molecule has 192 valence electrons. The lowest BCUT2D eigenvalue weighted by Crippen LogP contribution is -2.37. The Kier molecular flexibility index (Phi) is 14.4. The third-order valence-corrected chi connectivity index (χ3v) is 6.22. The summed E-state index contributed by atoms with van der Waals surface area (Å²) in [5.74, 6) is -0.678. The van der Waals surface area contributed by atoms with Gasteiger partial charge >= 0.3 is 17.9 Å². The highest BCUT2D eigenvalue weighted by molar-refractivity contribution is 5.80. The molecule has 0 unspecified atom stereocenters. The number of carbonyl (C=O) groups is 3. The zero-order valence-electron chi connectivity index (χ0n) is 21.9. The molecule has 0 amide bonds. The highest BCUT2D eigenvalue weighted by Crippen LogP contribution is 2.36. The molecule has 0 aromatic rings. The number of hydrogen-bond acceptors (Lipinski definition) is 6. The van der Waals surface area contributed by atoms with Crippen molar-refractivity contribution in [3.8, 4) is 0 Å². The van der Waals surface area contributed by atoms with Crippen molar-refractivity contribution in [3.05, 3.63) is 0 Å². The van der Waals surface area contributed by atoms with Crippen LogP contribution >= 0.6 is 0 Å². The normalized spacial score (nSPS) is 20.8. The van der Waals surface area contributed by atoms with E-state index in [1.54, 1.807) is 0 Å². The molecule has 1 saturated carbocycles. The second kappa shape index (κ2) is 16.1. The first-order valence-corrected chi connectivity index (χ1v) is 13.1. The lowest BCUT2D eigenvalue weighted by atomic mass is 9.75. The van der Waals surface area contributed by atoms with Crippen LogP contribution in [0.1, 0.15) is 99.3 Å². The summed E-state index contributed by atoms with van der Waals surface area (Å²) in [5.41, 5.74) is 0.